The van der Waals surface area contributed by atoms with Crippen molar-refractivity contribution in [1.82, 2.24) is 0 Å². The highest BCUT2D eigenvalue weighted by atomic mass is 19.1. The number of nitriles is 1. The van der Waals surface area contributed by atoms with Gasteiger partial charge in [0.2, 0.25) is 0 Å². The third-order valence-electron chi connectivity index (χ3n) is 4.93. The van der Waals surface area contributed by atoms with Crippen molar-refractivity contribution in [1.29, 1.82) is 5.26 Å². The standard InChI is InChI=1S/C22H25F2N/c1-2-3-4-7-17-10-12-18(13-11-17)8-5-6-9-19-14-21(23)20(16-25)22(24)15-19/h5,8,14-15,17-18H,2-4,7,10-13H2,1H3/b8-5+. The van der Waals surface area contributed by atoms with Gasteiger partial charge < -0.3 is 0 Å². The second kappa shape index (κ2) is 10.00. The molecule has 25 heavy (non-hydrogen) atoms. The van der Waals surface area contributed by atoms with E-state index in [4.69, 9.17) is 5.26 Å². The second-order valence-electron chi connectivity index (χ2n) is 6.83. The molecule has 2 rings (SSSR count). The number of hydrogen-bond acceptors (Lipinski definition) is 1. The minimum atomic E-state index is -0.864. The molecule has 0 unspecified atom stereocenters. The Labute approximate surface area is 149 Å². The van der Waals surface area contributed by atoms with Gasteiger partial charge in [0.1, 0.15) is 23.3 Å². The van der Waals surface area contributed by atoms with Crippen LogP contribution in [-0.4, -0.2) is 0 Å². The molecule has 0 saturated heterocycles. The quantitative estimate of drug-likeness (QED) is 0.467. The molecule has 0 atom stereocenters. The Morgan fingerprint density at radius 3 is 2.40 bits per heavy atom. The van der Waals surface area contributed by atoms with E-state index >= 15 is 0 Å². The Morgan fingerprint density at radius 2 is 1.80 bits per heavy atom. The molecule has 1 nitrogen and oxygen atoms in total. The van der Waals surface area contributed by atoms with E-state index < -0.39 is 17.2 Å². The molecule has 1 aliphatic carbocycles. The molecule has 0 aromatic heterocycles. The van der Waals surface area contributed by atoms with Crippen molar-refractivity contribution >= 4 is 0 Å². The summed E-state index contributed by atoms with van der Waals surface area (Å²) in [7, 11) is 0. The smallest absolute Gasteiger partial charge is 0.145 e. The maximum atomic E-state index is 13.5. The number of nitrogens with zero attached hydrogens (tertiary/aromatic N) is 1. The molecule has 0 aliphatic heterocycles. The minimum Gasteiger partial charge on any atom is -0.205 e. The van der Waals surface area contributed by atoms with Gasteiger partial charge in [0.15, 0.2) is 0 Å². The molecule has 0 N–H and O–H groups in total. The van der Waals surface area contributed by atoms with Crippen LogP contribution in [0.5, 0.6) is 0 Å². The molecule has 0 amide bonds. The minimum absolute atomic E-state index is 0.248. The molecule has 0 heterocycles. The zero-order chi connectivity index (χ0) is 18.1. The van der Waals surface area contributed by atoms with Gasteiger partial charge in [0, 0.05) is 5.56 Å². The molecule has 0 radical (unpaired) electrons. The van der Waals surface area contributed by atoms with E-state index in [0.29, 0.717) is 5.92 Å². The Hall–Kier alpha value is -2.13. The van der Waals surface area contributed by atoms with Crippen LogP contribution in [0.4, 0.5) is 8.78 Å². The summed E-state index contributed by atoms with van der Waals surface area (Å²) in [5.41, 5.74) is -0.310. The van der Waals surface area contributed by atoms with Gasteiger partial charge in [-0.05, 0) is 55.7 Å². The first-order valence-corrected chi connectivity index (χ1v) is 9.21. The molecule has 1 saturated carbocycles. The molecular formula is C22H25F2N. The van der Waals surface area contributed by atoms with Crippen molar-refractivity contribution in [2.45, 2.75) is 58.3 Å². The third kappa shape index (κ3) is 6.02. The summed E-state index contributed by atoms with van der Waals surface area (Å²) in [6.07, 6.45) is 14.2. The fourth-order valence-electron chi connectivity index (χ4n) is 3.41. The normalized spacial score (nSPS) is 20.1. The summed E-state index contributed by atoms with van der Waals surface area (Å²) >= 11 is 0. The lowest BCUT2D eigenvalue weighted by atomic mass is 9.79. The highest BCUT2D eigenvalue weighted by Crippen LogP contribution is 2.32. The zero-order valence-corrected chi connectivity index (χ0v) is 14.8. The van der Waals surface area contributed by atoms with Crippen molar-refractivity contribution in [3.05, 3.63) is 47.0 Å². The van der Waals surface area contributed by atoms with E-state index in [-0.39, 0.29) is 5.56 Å². The number of benzene rings is 1. The molecule has 0 bridgehead atoms. The monoisotopic (exact) mass is 341 g/mol. The van der Waals surface area contributed by atoms with Crippen LogP contribution in [0.15, 0.2) is 24.3 Å². The topological polar surface area (TPSA) is 23.8 Å². The number of allylic oxidation sites excluding steroid dienone is 2. The molecule has 1 aromatic rings. The first-order valence-electron chi connectivity index (χ1n) is 9.21. The maximum Gasteiger partial charge on any atom is 0.145 e. The van der Waals surface area contributed by atoms with Crippen molar-refractivity contribution < 1.29 is 8.78 Å². The van der Waals surface area contributed by atoms with Crippen LogP contribution in [0, 0.1) is 46.6 Å². The SMILES string of the molecule is CCCCCC1CCC(/C=C/C#Cc2cc(F)c(C#N)c(F)c2)CC1. The van der Waals surface area contributed by atoms with Gasteiger partial charge in [-0.1, -0.05) is 50.5 Å². The van der Waals surface area contributed by atoms with Crippen LogP contribution in [0.2, 0.25) is 0 Å². The third-order valence-corrected chi connectivity index (χ3v) is 4.93. The lowest BCUT2D eigenvalue weighted by molar-refractivity contribution is 0.289. The summed E-state index contributed by atoms with van der Waals surface area (Å²) in [5.74, 6) is 5.30. The predicted octanol–water partition coefficient (Wildman–Crippen LogP) is 6.13. The van der Waals surface area contributed by atoms with Gasteiger partial charge in [-0.3, -0.25) is 0 Å². The molecule has 3 heteroatoms. The van der Waals surface area contributed by atoms with Crippen LogP contribution < -0.4 is 0 Å². The van der Waals surface area contributed by atoms with Gasteiger partial charge in [-0.25, -0.2) is 8.78 Å². The van der Waals surface area contributed by atoms with Crippen LogP contribution >= 0.6 is 0 Å². The first kappa shape index (κ1) is 19.2. The zero-order valence-electron chi connectivity index (χ0n) is 14.8. The number of unbranched alkanes of at least 4 members (excludes halogenated alkanes) is 2. The maximum absolute atomic E-state index is 13.5. The van der Waals surface area contributed by atoms with Crippen molar-refractivity contribution in [3.8, 4) is 17.9 Å². The van der Waals surface area contributed by atoms with Crippen LogP contribution in [0.1, 0.15) is 69.4 Å². The molecular weight excluding hydrogens is 316 g/mol. The van der Waals surface area contributed by atoms with E-state index in [9.17, 15) is 8.78 Å². The van der Waals surface area contributed by atoms with E-state index in [2.05, 4.69) is 24.8 Å². The van der Waals surface area contributed by atoms with Gasteiger partial charge in [0.25, 0.3) is 0 Å². The first-order chi connectivity index (χ1) is 12.1. The molecule has 0 spiro atoms. The van der Waals surface area contributed by atoms with Gasteiger partial charge in [-0.2, -0.15) is 5.26 Å². The Kier molecular flexibility index (Phi) is 7.68. The average Bonchev–Trinajstić information content (AvgIpc) is 2.60. The summed E-state index contributed by atoms with van der Waals surface area (Å²) < 4.78 is 27.0. The van der Waals surface area contributed by atoms with E-state index in [1.54, 1.807) is 6.08 Å². The molecule has 1 aliphatic rings. The number of hydrogen-bond donors (Lipinski definition) is 0. The summed E-state index contributed by atoms with van der Waals surface area (Å²) in [5, 5.41) is 8.65. The summed E-state index contributed by atoms with van der Waals surface area (Å²) in [6, 6.07) is 3.71. The fraction of sp³-hybridized carbons (Fsp3) is 0.500. The van der Waals surface area contributed by atoms with E-state index in [1.807, 2.05) is 0 Å². The Morgan fingerprint density at radius 1 is 1.12 bits per heavy atom. The van der Waals surface area contributed by atoms with Crippen molar-refractivity contribution in [2.24, 2.45) is 11.8 Å². The molecule has 132 valence electrons. The Balaban J connectivity index is 1.83. The summed E-state index contributed by atoms with van der Waals surface area (Å²) in [6.45, 7) is 2.24. The highest BCUT2D eigenvalue weighted by molar-refractivity contribution is 5.43. The van der Waals surface area contributed by atoms with Gasteiger partial charge in [-0.15, -0.1) is 0 Å². The summed E-state index contributed by atoms with van der Waals surface area (Å²) in [4.78, 5) is 0. The van der Waals surface area contributed by atoms with Gasteiger partial charge in [0.05, 0.1) is 0 Å². The largest absolute Gasteiger partial charge is 0.205 e. The van der Waals surface area contributed by atoms with E-state index in [0.717, 1.165) is 18.1 Å². The highest BCUT2D eigenvalue weighted by Gasteiger charge is 2.18. The van der Waals surface area contributed by atoms with Crippen LogP contribution in [0.3, 0.4) is 0 Å². The Bertz CT molecular complexity index is 672. The van der Waals surface area contributed by atoms with Crippen molar-refractivity contribution in [3.63, 3.8) is 0 Å². The van der Waals surface area contributed by atoms with Gasteiger partial charge >= 0.3 is 0 Å². The van der Waals surface area contributed by atoms with Crippen LogP contribution in [0.25, 0.3) is 0 Å². The number of rotatable bonds is 5. The average molecular weight is 341 g/mol. The number of halogens is 2. The molecule has 1 fully saturated rings. The van der Waals surface area contributed by atoms with E-state index in [1.165, 1.54) is 57.4 Å². The predicted molar refractivity (Wildman–Crippen MR) is 96.7 cm³/mol. The lowest BCUT2D eigenvalue weighted by Crippen LogP contribution is -2.12. The molecule has 1 aromatic carbocycles. The van der Waals surface area contributed by atoms with Crippen LogP contribution in [-0.2, 0) is 0 Å². The lowest BCUT2D eigenvalue weighted by Gasteiger charge is -2.26. The fourth-order valence-corrected chi connectivity index (χ4v) is 3.41. The second-order valence-corrected chi connectivity index (χ2v) is 6.83. The van der Waals surface area contributed by atoms with Crippen molar-refractivity contribution in [2.75, 3.05) is 0 Å².